The monoisotopic (exact) mass is 482 g/mol. The molecule has 1 aliphatic rings. The SMILES string of the molecule is O=C(c1cc(-c2cccnc2)nc2ccccc12)N1CCN(Cc2cc(=O)n3ccsc3n2)CC1. The van der Waals surface area contributed by atoms with Gasteiger partial charge in [0.05, 0.1) is 22.5 Å². The van der Waals surface area contributed by atoms with E-state index in [1.54, 1.807) is 29.1 Å². The van der Waals surface area contributed by atoms with Gasteiger partial charge in [0, 0.05) is 73.7 Å². The summed E-state index contributed by atoms with van der Waals surface area (Å²) in [5, 5.41) is 2.71. The highest BCUT2D eigenvalue weighted by Crippen LogP contribution is 2.26. The lowest BCUT2D eigenvalue weighted by Gasteiger charge is -2.34. The summed E-state index contributed by atoms with van der Waals surface area (Å²) in [6, 6.07) is 15.0. The standard InChI is InChI=1S/C26H22N6O2S/c33-24-14-19(28-26-32(24)12-13-35-26)17-30-8-10-31(11-9-30)25(34)21-15-23(18-4-3-7-27-16-18)29-22-6-2-1-5-20(21)22/h1-7,12-16H,8-11,17H2. The Bertz CT molecular complexity index is 1590. The van der Waals surface area contributed by atoms with Gasteiger partial charge < -0.3 is 4.90 Å². The molecule has 9 heteroatoms. The van der Waals surface area contributed by atoms with Crippen molar-refractivity contribution in [3.63, 3.8) is 0 Å². The molecule has 0 radical (unpaired) electrons. The first-order valence-corrected chi connectivity index (χ1v) is 12.3. The second-order valence-electron chi connectivity index (χ2n) is 8.52. The number of carbonyl (C=O) groups excluding carboxylic acids is 1. The van der Waals surface area contributed by atoms with Gasteiger partial charge in [0.15, 0.2) is 4.96 Å². The molecule has 1 aliphatic heterocycles. The number of carbonyl (C=O) groups is 1. The Kier molecular flexibility index (Phi) is 5.55. The van der Waals surface area contributed by atoms with Crippen LogP contribution in [0.1, 0.15) is 16.1 Å². The highest BCUT2D eigenvalue weighted by molar-refractivity contribution is 7.15. The first kappa shape index (κ1) is 21.6. The first-order chi connectivity index (χ1) is 17.2. The van der Waals surface area contributed by atoms with Crippen LogP contribution < -0.4 is 5.56 Å². The van der Waals surface area contributed by atoms with Crippen molar-refractivity contribution in [1.29, 1.82) is 0 Å². The van der Waals surface area contributed by atoms with Gasteiger partial charge in [0.2, 0.25) is 0 Å². The molecule has 8 nitrogen and oxygen atoms in total. The number of hydrogen-bond donors (Lipinski definition) is 0. The average molecular weight is 483 g/mol. The number of rotatable bonds is 4. The van der Waals surface area contributed by atoms with Gasteiger partial charge in [-0.05, 0) is 24.3 Å². The molecule has 0 saturated carbocycles. The van der Waals surface area contributed by atoms with Gasteiger partial charge in [-0.25, -0.2) is 9.97 Å². The molecular formula is C26H22N6O2S. The fourth-order valence-electron chi connectivity index (χ4n) is 4.49. The van der Waals surface area contributed by atoms with E-state index in [1.165, 1.54) is 11.3 Å². The number of nitrogens with zero attached hydrogens (tertiary/aromatic N) is 6. The van der Waals surface area contributed by atoms with Crippen molar-refractivity contribution in [2.24, 2.45) is 0 Å². The molecule has 0 spiro atoms. The Morgan fingerprint density at radius 1 is 1.00 bits per heavy atom. The van der Waals surface area contributed by atoms with Gasteiger partial charge in [-0.3, -0.25) is 23.9 Å². The normalized spacial score (nSPS) is 14.6. The highest BCUT2D eigenvalue weighted by Gasteiger charge is 2.25. The van der Waals surface area contributed by atoms with Gasteiger partial charge in [0.25, 0.3) is 11.5 Å². The zero-order valence-corrected chi connectivity index (χ0v) is 19.7. The van der Waals surface area contributed by atoms with E-state index in [9.17, 15) is 9.59 Å². The minimum absolute atomic E-state index is 0.00441. The van der Waals surface area contributed by atoms with E-state index in [2.05, 4.69) is 14.9 Å². The van der Waals surface area contributed by atoms with Crippen molar-refractivity contribution < 1.29 is 4.79 Å². The third-order valence-corrected chi connectivity index (χ3v) is 7.06. The molecule has 0 unspecified atom stereocenters. The number of para-hydroxylation sites is 1. The number of pyridine rings is 2. The molecule has 0 bridgehead atoms. The summed E-state index contributed by atoms with van der Waals surface area (Å²) in [5.74, 6) is 0.00441. The largest absolute Gasteiger partial charge is 0.336 e. The molecule has 1 fully saturated rings. The van der Waals surface area contributed by atoms with E-state index >= 15 is 0 Å². The maximum Gasteiger partial charge on any atom is 0.258 e. The van der Waals surface area contributed by atoms with Crippen LogP contribution >= 0.6 is 11.3 Å². The van der Waals surface area contributed by atoms with Crippen LogP contribution in [-0.4, -0.2) is 61.2 Å². The molecule has 174 valence electrons. The lowest BCUT2D eigenvalue weighted by Crippen LogP contribution is -2.48. The molecule has 1 aromatic carbocycles. The van der Waals surface area contributed by atoms with Crippen molar-refractivity contribution >= 4 is 33.1 Å². The predicted octanol–water partition coefficient (Wildman–Crippen LogP) is 3.32. The molecule has 1 saturated heterocycles. The van der Waals surface area contributed by atoms with Crippen LogP contribution in [0, 0.1) is 0 Å². The minimum Gasteiger partial charge on any atom is -0.336 e. The summed E-state index contributed by atoms with van der Waals surface area (Å²) in [6.07, 6.45) is 5.23. The first-order valence-electron chi connectivity index (χ1n) is 11.4. The number of fused-ring (bicyclic) bond motifs is 2. The van der Waals surface area contributed by atoms with Gasteiger partial charge in [-0.15, -0.1) is 11.3 Å². The van der Waals surface area contributed by atoms with Crippen LogP contribution in [0.5, 0.6) is 0 Å². The fraction of sp³-hybridized carbons (Fsp3) is 0.192. The zero-order chi connectivity index (χ0) is 23.8. The van der Waals surface area contributed by atoms with E-state index in [-0.39, 0.29) is 11.5 Å². The molecule has 0 aliphatic carbocycles. The number of amides is 1. The highest BCUT2D eigenvalue weighted by atomic mass is 32.1. The Balaban J connectivity index is 1.22. The van der Waals surface area contributed by atoms with Gasteiger partial charge in [0.1, 0.15) is 0 Å². The topological polar surface area (TPSA) is 83.7 Å². The summed E-state index contributed by atoms with van der Waals surface area (Å²) in [5.41, 5.74) is 3.76. The van der Waals surface area contributed by atoms with Gasteiger partial charge in [-0.2, -0.15) is 0 Å². The van der Waals surface area contributed by atoms with Crippen molar-refractivity contribution in [3.05, 3.63) is 94.1 Å². The smallest absolute Gasteiger partial charge is 0.258 e. The number of aromatic nitrogens is 4. The molecule has 5 aromatic rings. The summed E-state index contributed by atoms with van der Waals surface area (Å²) < 4.78 is 1.56. The molecule has 35 heavy (non-hydrogen) atoms. The molecular weight excluding hydrogens is 460 g/mol. The Labute approximate surface area is 205 Å². The van der Waals surface area contributed by atoms with Crippen molar-refractivity contribution in [3.8, 4) is 11.3 Å². The van der Waals surface area contributed by atoms with Crippen LogP contribution in [-0.2, 0) is 6.54 Å². The summed E-state index contributed by atoms with van der Waals surface area (Å²) in [4.78, 5) is 44.3. The molecule has 0 atom stereocenters. The van der Waals surface area contributed by atoms with Crippen LogP contribution in [0.4, 0.5) is 0 Å². The lowest BCUT2D eigenvalue weighted by atomic mass is 10.0. The van der Waals surface area contributed by atoms with Crippen LogP contribution in [0.2, 0.25) is 0 Å². The van der Waals surface area contributed by atoms with Crippen LogP contribution in [0.3, 0.4) is 0 Å². The summed E-state index contributed by atoms with van der Waals surface area (Å²) in [7, 11) is 0. The number of piperazine rings is 1. The van der Waals surface area contributed by atoms with Crippen molar-refractivity contribution in [1.82, 2.24) is 29.2 Å². The average Bonchev–Trinajstić information content (AvgIpc) is 3.38. The summed E-state index contributed by atoms with van der Waals surface area (Å²) >= 11 is 1.45. The van der Waals surface area contributed by atoms with Crippen LogP contribution in [0.25, 0.3) is 27.1 Å². The Hall–Kier alpha value is -3.95. The molecule has 0 N–H and O–H groups in total. The Morgan fingerprint density at radius 3 is 2.69 bits per heavy atom. The van der Waals surface area contributed by atoms with Gasteiger partial charge >= 0.3 is 0 Å². The zero-order valence-electron chi connectivity index (χ0n) is 18.9. The quantitative estimate of drug-likeness (QED) is 0.391. The maximum absolute atomic E-state index is 13.6. The van der Waals surface area contributed by atoms with Gasteiger partial charge in [-0.1, -0.05) is 18.2 Å². The van der Waals surface area contributed by atoms with E-state index in [0.29, 0.717) is 30.2 Å². The second-order valence-corrected chi connectivity index (χ2v) is 9.40. The van der Waals surface area contributed by atoms with E-state index in [1.807, 2.05) is 52.7 Å². The molecule has 5 heterocycles. The third-order valence-electron chi connectivity index (χ3n) is 6.31. The second kappa shape index (κ2) is 9.01. The third kappa shape index (κ3) is 4.20. The number of hydrogen-bond acceptors (Lipinski definition) is 7. The minimum atomic E-state index is -0.0611. The molecule has 4 aromatic heterocycles. The van der Waals surface area contributed by atoms with E-state index < -0.39 is 0 Å². The van der Waals surface area contributed by atoms with Crippen LogP contribution in [0.15, 0.2) is 77.3 Å². The fourth-order valence-corrected chi connectivity index (χ4v) is 5.23. The van der Waals surface area contributed by atoms with E-state index in [4.69, 9.17) is 4.98 Å². The number of benzene rings is 1. The number of thiazole rings is 1. The van der Waals surface area contributed by atoms with Crippen molar-refractivity contribution in [2.45, 2.75) is 6.54 Å². The predicted molar refractivity (Wildman–Crippen MR) is 135 cm³/mol. The molecule has 6 rings (SSSR count). The summed E-state index contributed by atoms with van der Waals surface area (Å²) in [6.45, 7) is 3.25. The van der Waals surface area contributed by atoms with E-state index in [0.717, 1.165) is 40.9 Å². The maximum atomic E-state index is 13.6. The molecule has 1 amide bonds. The lowest BCUT2D eigenvalue weighted by molar-refractivity contribution is 0.0629. The Morgan fingerprint density at radius 2 is 1.86 bits per heavy atom. The van der Waals surface area contributed by atoms with Crippen molar-refractivity contribution in [2.75, 3.05) is 26.2 Å².